The van der Waals surface area contributed by atoms with Crippen molar-refractivity contribution in [2.75, 3.05) is 20.6 Å². The summed E-state index contributed by atoms with van der Waals surface area (Å²) in [7, 11) is 4.21. The Morgan fingerprint density at radius 3 is 2.42 bits per heavy atom. The Bertz CT molecular complexity index is 936. The molecule has 0 radical (unpaired) electrons. The summed E-state index contributed by atoms with van der Waals surface area (Å²) in [6.07, 6.45) is 1.07. The van der Waals surface area contributed by atoms with Crippen LogP contribution < -0.4 is 0 Å². The van der Waals surface area contributed by atoms with E-state index >= 15 is 0 Å². The zero-order valence-electron chi connectivity index (χ0n) is 14.4. The molecule has 2 aromatic carbocycles. The lowest BCUT2D eigenvalue weighted by Crippen LogP contribution is -2.15. The molecule has 3 heteroatoms. The van der Waals surface area contributed by atoms with Gasteiger partial charge in [-0.05, 0) is 50.7 Å². The molecule has 0 saturated heterocycles. The van der Waals surface area contributed by atoms with E-state index in [1.165, 1.54) is 10.9 Å². The summed E-state index contributed by atoms with van der Waals surface area (Å²) >= 11 is 0. The predicted molar refractivity (Wildman–Crippen MR) is 98.7 cm³/mol. The van der Waals surface area contributed by atoms with Crippen molar-refractivity contribution in [3.8, 4) is 11.3 Å². The van der Waals surface area contributed by atoms with Crippen LogP contribution in [0.5, 0.6) is 0 Å². The molecule has 0 fully saturated rings. The Kier molecular flexibility index (Phi) is 3.54. The minimum atomic E-state index is 0.0999. The average molecular weight is 318 g/mol. The van der Waals surface area contributed by atoms with Gasteiger partial charge in [-0.2, -0.15) is 0 Å². The topological polar surface area (TPSA) is 25.2 Å². The highest BCUT2D eigenvalue weighted by molar-refractivity contribution is 6.16. The van der Waals surface area contributed by atoms with Crippen molar-refractivity contribution in [2.24, 2.45) is 0 Å². The third-order valence-electron chi connectivity index (χ3n) is 5.03. The molecule has 3 nitrogen and oxygen atoms in total. The molecule has 0 bridgehead atoms. The standard InChI is InChI=1S/C21H22N2O/c1-14(12-13-22(2)3)19-17-10-6-7-11-18(17)23-20(19)15-8-4-5-9-16(15)21(23)24/h4-11,14H,12-13H2,1-3H3. The predicted octanol–water partition coefficient (Wildman–Crippen LogP) is 4.37. The summed E-state index contributed by atoms with van der Waals surface area (Å²) < 4.78 is 1.92. The highest BCUT2D eigenvalue weighted by Gasteiger charge is 2.33. The quantitative estimate of drug-likeness (QED) is 0.558. The van der Waals surface area contributed by atoms with Crippen molar-refractivity contribution in [3.63, 3.8) is 0 Å². The molecule has 1 aromatic heterocycles. The third-order valence-corrected chi connectivity index (χ3v) is 5.03. The van der Waals surface area contributed by atoms with Gasteiger partial charge in [0, 0.05) is 16.5 Å². The molecule has 1 unspecified atom stereocenters. The number of para-hydroxylation sites is 1. The number of carbonyl (C=O) groups excluding carboxylic acids is 1. The van der Waals surface area contributed by atoms with Crippen LogP contribution in [0.2, 0.25) is 0 Å². The number of carbonyl (C=O) groups is 1. The maximum absolute atomic E-state index is 13.0. The molecule has 1 atom stereocenters. The van der Waals surface area contributed by atoms with Gasteiger partial charge >= 0.3 is 0 Å². The molecule has 0 aliphatic carbocycles. The first-order valence-corrected chi connectivity index (χ1v) is 8.51. The Hall–Kier alpha value is -2.39. The zero-order chi connectivity index (χ0) is 16.8. The highest BCUT2D eigenvalue weighted by atomic mass is 16.2. The number of fused-ring (bicyclic) bond motifs is 5. The number of hydrogen-bond acceptors (Lipinski definition) is 2. The van der Waals surface area contributed by atoms with Gasteiger partial charge in [0.25, 0.3) is 5.91 Å². The molecule has 2 heterocycles. The summed E-state index contributed by atoms with van der Waals surface area (Å²) in [5, 5.41) is 1.21. The second-order valence-corrected chi connectivity index (χ2v) is 6.96. The fraction of sp³-hybridized carbons (Fsp3) is 0.286. The van der Waals surface area contributed by atoms with Gasteiger partial charge in [-0.3, -0.25) is 9.36 Å². The van der Waals surface area contributed by atoms with Crippen LogP contribution in [-0.4, -0.2) is 36.0 Å². The highest BCUT2D eigenvalue weighted by Crippen LogP contribution is 2.44. The monoisotopic (exact) mass is 318 g/mol. The van der Waals surface area contributed by atoms with Crippen molar-refractivity contribution in [1.29, 1.82) is 0 Å². The number of rotatable bonds is 4. The summed E-state index contributed by atoms with van der Waals surface area (Å²) in [4.78, 5) is 15.2. The third kappa shape index (κ3) is 2.12. The van der Waals surface area contributed by atoms with E-state index in [0.29, 0.717) is 5.92 Å². The average Bonchev–Trinajstić information content (AvgIpc) is 3.07. The first kappa shape index (κ1) is 15.2. The summed E-state index contributed by atoms with van der Waals surface area (Å²) in [5.41, 5.74) is 5.33. The lowest BCUT2D eigenvalue weighted by molar-refractivity contribution is 0.0973. The minimum Gasteiger partial charge on any atom is -0.309 e. The zero-order valence-corrected chi connectivity index (χ0v) is 14.4. The Labute approximate surface area is 142 Å². The molecule has 4 rings (SSSR count). The van der Waals surface area contributed by atoms with Gasteiger partial charge in [-0.15, -0.1) is 0 Å². The Morgan fingerprint density at radius 2 is 1.67 bits per heavy atom. The SMILES string of the molecule is CC(CCN(C)C)c1c2n(c3ccccc13)C(=O)c1ccccc1-2. The first-order chi connectivity index (χ1) is 11.6. The van der Waals surface area contributed by atoms with Gasteiger partial charge in [0.05, 0.1) is 11.2 Å². The maximum atomic E-state index is 13.0. The van der Waals surface area contributed by atoms with Gasteiger partial charge < -0.3 is 4.90 Å². The van der Waals surface area contributed by atoms with Crippen molar-refractivity contribution >= 4 is 16.8 Å². The maximum Gasteiger partial charge on any atom is 0.263 e. The van der Waals surface area contributed by atoms with Gasteiger partial charge in [-0.25, -0.2) is 0 Å². The van der Waals surface area contributed by atoms with Crippen LogP contribution in [0.15, 0.2) is 48.5 Å². The smallest absolute Gasteiger partial charge is 0.263 e. The molecule has 0 N–H and O–H groups in total. The number of hydrogen-bond donors (Lipinski definition) is 0. The fourth-order valence-electron chi connectivity index (χ4n) is 3.83. The van der Waals surface area contributed by atoms with E-state index in [4.69, 9.17) is 0 Å². The molecular weight excluding hydrogens is 296 g/mol. The van der Waals surface area contributed by atoms with Crippen LogP contribution in [0.1, 0.15) is 35.2 Å². The van der Waals surface area contributed by atoms with Crippen molar-refractivity contribution < 1.29 is 4.79 Å². The fourth-order valence-corrected chi connectivity index (χ4v) is 3.83. The van der Waals surface area contributed by atoms with E-state index in [1.807, 2.05) is 28.8 Å². The lowest BCUT2D eigenvalue weighted by Gasteiger charge is -2.16. The number of nitrogens with zero attached hydrogens (tertiary/aromatic N) is 2. The molecule has 1 aliphatic rings. The second kappa shape index (κ2) is 5.60. The van der Waals surface area contributed by atoms with E-state index in [9.17, 15) is 4.79 Å². The molecule has 0 saturated carbocycles. The van der Waals surface area contributed by atoms with E-state index < -0.39 is 0 Å². The van der Waals surface area contributed by atoms with Crippen molar-refractivity contribution in [1.82, 2.24) is 9.47 Å². The van der Waals surface area contributed by atoms with E-state index in [0.717, 1.165) is 35.3 Å². The minimum absolute atomic E-state index is 0.0999. The van der Waals surface area contributed by atoms with Crippen molar-refractivity contribution in [2.45, 2.75) is 19.3 Å². The van der Waals surface area contributed by atoms with Crippen molar-refractivity contribution in [3.05, 3.63) is 59.7 Å². The largest absolute Gasteiger partial charge is 0.309 e. The van der Waals surface area contributed by atoms with Crippen LogP contribution in [0.3, 0.4) is 0 Å². The van der Waals surface area contributed by atoms with Crippen LogP contribution in [-0.2, 0) is 0 Å². The molecule has 0 amide bonds. The summed E-state index contributed by atoms with van der Waals surface area (Å²) in [6.45, 7) is 3.31. The van der Waals surface area contributed by atoms with E-state index in [1.54, 1.807) is 0 Å². The molecule has 122 valence electrons. The Morgan fingerprint density at radius 1 is 1.00 bits per heavy atom. The molecule has 3 aromatic rings. The molecule has 0 spiro atoms. The molecular formula is C21H22N2O. The van der Waals surface area contributed by atoms with E-state index in [2.05, 4.69) is 50.2 Å². The summed E-state index contributed by atoms with van der Waals surface area (Å²) in [6, 6.07) is 16.3. The van der Waals surface area contributed by atoms with Gasteiger partial charge in [-0.1, -0.05) is 43.3 Å². The van der Waals surface area contributed by atoms with Gasteiger partial charge in [0.2, 0.25) is 0 Å². The normalized spacial score (nSPS) is 14.2. The van der Waals surface area contributed by atoms with Crippen LogP contribution in [0, 0.1) is 0 Å². The Balaban J connectivity index is 1.97. The molecule has 1 aliphatic heterocycles. The summed E-state index contributed by atoms with van der Waals surface area (Å²) in [5.74, 6) is 0.496. The first-order valence-electron chi connectivity index (χ1n) is 8.51. The van der Waals surface area contributed by atoms with Crippen LogP contribution in [0.25, 0.3) is 22.2 Å². The van der Waals surface area contributed by atoms with Crippen LogP contribution >= 0.6 is 0 Å². The lowest BCUT2D eigenvalue weighted by atomic mass is 9.91. The van der Waals surface area contributed by atoms with Crippen LogP contribution in [0.4, 0.5) is 0 Å². The van der Waals surface area contributed by atoms with Gasteiger partial charge in [0.15, 0.2) is 0 Å². The van der Waals surface area contributed by atoms with Gasteiger partial charge in [0.1, 0.15) is 0 Å². The second-order valence-electron chi connectivity index (χ2n) is 6.96. The molecule has 24 heavy (non-hydrogen) atoms. The number of aromatic nitrogens is 1. The van der Waals surface area contributed by atoms with E-state index in [-0.39, 0.29) is 5.91 Å². The number of benzene rings is 2.